The molecule has 20 heavy (non-hydrogen) atoms. The fourth-order valence-electron chi connectivity index (χ4n) is 2.43. The van der Waals surface area contributed by atoms with Crippen LogP contribution in [0.15, 0.2) is 25.9 Å². The molecule has 0 radical (unpaired) electrons. The molecule has 2 atom stereocenters. The largest absolute Gasteiger partial charge is 0.369 e. The summed E-state index contributed by atoms with van der Waals surface area (Å²) in [5.41, 5.74) is 5.29. The standard InChI is InChI=1S/C13H12Br2N4S/c1-2-13(9-6-8(14)7-20-9)10(15)11-17-4-3-5-19(11)12(16)18-13/h1,6-7,10H,3-5H2,(H2,16,18)/t10?,13-/m1/s1. The van der Waals surface area contributed by atoms with Crippen molar-refractivity contribution in [3.8, 4) is 12.3 Å². The Labute approximate surface area is 138 Å². The number of aliphatic imine (C=N–C) groups is 2. The number of alkyl halides is 1. The van der Waals surface area contributed by atoms with Crippen LogP contribution in [0.4, 0.5) is 0 Å². The molecule has 0 bridgehead atoms. The number of thiophene rings is 1. The quantitative estimate of drug-likeness (QED) is 0.566. The van der Waals surface area contributed by atoms with E-state index in [0.29, 0.717) is 5.96 Å². The molecule has 7 heteroatoms. The number of guanidine groups is 1. The minimum atomic E-state index is -0.826. The number of rotatable bonds is 1. The molecule has 4 nitrogen and oxygen atoms in total. The molecule has 2 aliphatic heterocycles. The van der Waals surface area contributed by atoms with Gasteiger partial charge >= 0.3 is 0 Å². The van der Waals surface area contributed by atoms with Crippen LogP contribution >= 0.6 is 43.2 Å². The van der Waals surface area contributed by atoms with Gasteiger partial charge in [-0.2, -0.15) is 0 Å². The predicted octanol–water partition coefficient (Wildman–Crippen LogP) is 2.54. The molecule has 0 aliphatic carbocycles. The van der Waals surface area contributed by atoms with Gasteiger partial charge < -0.3 is 5.73 Å². The fraction of sp³-hybridized carbons (Fsp3) is 0.385. The summed E-state index contributed by atoms with van der Waals surface area (Å²) in [6.45, 7) is 1.64. The predicted molar refractivity (Wildman–Crippen MR) is 90.5 cm³/mol. The second kappa shape index (κ2) is 5.17. The monoisotopic (exact) mass is 414 g/mol. The molecule has 0 spiro atoms. The number of halogens is 2. The van der Waals surface area contributed by atoms with Crippen molar-refractivity contribution in [3.05, 3.63) is 20.8 Å². The van der Waals surface area contributed by atoms with E-state index in [4.69, 9.17) is 12.2 Å². The Morgan fingerprint density at radius 2 is 2.40 bits per heavy atom. The van der Waals surface area contributed by atoms with Crippen LogP contribution in [-0.4, -0.2) is 34.6 Å². The van der Waals surface area contributed by atoms with Gasteiger partial charge in [-0.3, -0.25) is 9.89 Å². The molecular weight excluding hydrogens is 404 g/mol. The van der Waals surface area contributed by atoms with Gasteiger partial charge in [0, 0.05) is 27.8 Å². The van der Waals surface area contributed by atoms with E-state index in [1.807, 2.05) is 16.3 Å². The number of nitrogens with two attached hydrogens (primary N) is 1. The van der Waals surface area contributed by atoms with Crippen molar-refractivity contribution in [1.29, 1.82) is 0 Å². The van der Waals surface area contributed by atoms with E-state index in [1.54, 1.807) is 11.3 Å². The Hall–Kier alpha value is -0.840. The van der Waals surface area contributed by atoms with Crippen molar-refractivity contribution in [3.63, 3.8) is 0 Å². The number of hydrogen-bond donors (Lipinski definition) is 1. The number of amidine groups is 1. The van der Waals surface area contributed by atoms with Crippen LogP contribution in [0, 0.1) is 12.3 Å². The van der Waals surface area contributed by atoms with Gasteiger partial charge in [0.05, 0.1) is 0 Å². The average molecular weight is 416 g/mol. The van der Waals surface area contributed by atoms with Crippen molar-refractivity contribution in [2.45, 2.75) is 16.8 Å². The lowest BCUT2D eigenvalue weighted by molar-refractivity contribution is 0.473. The van der Waals surface area contributed by atoms with E-state index in [2.05, 4.69) is 47.8 Å². The van der Waals surface area contributed by atoms with Gasteiger partial charge in [-0.15, -0.1) is 17.8 Å². The van der Waals surface area contributed by atoms with Crippen molar-refractivity contribution in [2.75, 3.05) is 13.1 Å². The third-order valence-corrected chi connectivity index (χ3v) is 6.30. The average Bonchev–Trinajstić information content (AvgIpc) is 2.90. The maximum atomic E-state index is 6.12. The van der Waals surface area contributed by atoms with Crippen LogP contribution in [0.25, 0.3) is 0 Å². The topological polar surface area (TPSA) is 54.0 Å². The van der Waals surface area contributed by atoms with Gasteiger partial charge in [-0.05, 0) is 28.4 Å². The molecule has 104 valence electrons. The van der Waals surface area contributed by atoms with Crippen LogP contribution in [0.5, 0.6) is 0 Å². The highest BCUT2D eigenvalue weighted by atomic mass is 79.9. The maximum absolute atomic E-state index is 6.12. The molecule has 3 heterocycles. The first-order chi connectivity index (χ1) is 9.58. The van der Waals surface area contributed by atoms with Crippen molar-refractivity contribution in [1.82, 2.24) is 4.90 Å². The van der Waals surface area contributed by atoms with Crippen LogP contribution in [0.3, 0.4) is 0 Å². The summed E-state index contributed by atoms with van der Waals surface area (Å²) in [4.78, 5) is 12.0. The fourth-order valence-corrected chi connectivity index (χ4v) is 5.02. The summed E-state index contributed by atoms with van der Waals surface area (Å²) in [7, 11) is 0. The van der Waals surface area contributed by atoms with Crippen molar-refractivity contribution >= 4 is 55.0 Å². The zero-order valence-corrected chi connectivity index (χ0v) is 14.5. The highest BCUT2D eigenvalue weighted by molar-refractivity contribution is 9.10. The summed E-state index contributed by atoms with van der Waals surface area (Å²) < 4.78 is 0.994. The smallest absolute Gasteiger partial charge is 0.198 e. The molecule has 0 saturated heterocycles. The minimum absolute atomic E-state index is 0.168. The summed E-state index contributed by atoms with van der Waals surface area (Å²) in [6.07, 6.45) is 6.81. The molecule has 1 aromatic rings. The maximum Gasteiger partial charge on any atom is 0.198 e. The minimum Gasteiger partial charge on any atom is -0.369 e. The lowest BCUT2D eigenvalue weighted by Gasteiger charge is -2.41. The number of nitrogens with zero attached hydrogens (tertiary/aromatic N) is 3. The lowest BCUT2D eigenvalue weighted by Crippen LogP contribution is -2.58. The van der Waals surface area contributed by atoms with E-state index in [9.17, 15) is 0 Å². The second-order valence-corrected chi connectivity index (χ2v) is 7.36. The molecule has 0 fully saturated rings. The third-order valence-electron chi connectivity index (χ3n) is 3.41. The van der Waals surface area contributed by atoms with Crippen molar-refractivity contribution in [2.24, 2.45) is 15.7 Å². The molecule has 0 amide bonds. The van der Waals surface area contributed by atoms with E-state index < -0.39 is 5.54 Å². The zero-order chi connectivity index (χ0) is 14.3. The van der Waals surface area contributed by atoms with Gasteiger partial charge in [0.2, 0.25) is 0 Å². The number of fused-ring (bicyclic) bond motifs is 1. The highest BCUT2D eigenvalue weighted by Crippen LogP contribution is 2.42. The first-order valence-electron chi connectivity index (χ1n) is 6.12. The van der Waals surface area contributed by atoms with Gasteiger partial charge in [-0.25, -0.2) is 4.99 Å². The summed E-state index contributed by atoms with van der Waals surface area (Å²) >= 11 is 8.73. The van der Waals surface area contributed by atoms with E-state index >= 15 is 0 Å². The number of hydrogen-bond acceptors (Lipinski definition) is 5. The third kappa shape index (κ3) is 2.01. The van der Waals surface area contributed by atoms with Gasteiger partial charge in [0.25, 0.3) is 0 Å². The van der Waals surface area contributed by atoms with Gasteiger partial charge in [0.1, 0.15) is 10.7 Å². The SMILES string of the molecule is C#C[C@]1(c2cc(Br)cs2)N=C(N)N2CCCN=C2C1Br. The van der Waals surface area contributed by atoms with E-state index in [0.717, 1.165) is 34.7 Å². The van der Waals surface area contributed by atoms with E-state index in [1.165, 1.54) is 0 Å². The Balaban J connectivity index is 2.17. The Bertz CT molecular complexity index is 645. The van der Waals surface area contributed by atoms with Crippen LogP contribution in [-0.2, 0) is 5.54 Å². The van der Waals surface area contributed by atoms with Gasteiger partial charge in [0.15, 0.2) is 11.5 Å². The number of terminal acetylenes is 1. The van der Waals surface area contributed by atoms with Crippen LogP contribution in [0.2, 0.25) is 0 Å². The zero-order valence-electron chi connectivity index (χ0n) is 10.5. The first kappa shape index (κ1) is 14.1. The van der Waals surface area contributed by atoms with Crippen molar-refractivity contribution < 1.29 is 0 Å². The Morgan fingerprint density at radius 3 is 3.05 bits per heavy atom. The molecule has 0 aromatic carbocycles. The Morgan fingerprint density at radius 1 is 1.60 bits per heavy atom. The molecule has 2 N–H and O–H groups in total. The molecular formula is C13H12Br2N4S. The van der Waals surface area contributed by atoms with Gasteiger partial charge in [-0.1, -0.05) is 21.9 Å². The second-order valence-electron chi connectivity index (χ2n) is 4.62. The molecule has 3 rings (SSSR count). The Kier molecular flexibility index (Phi) is 3.65. The van der Waals surface area contributed by atoms with Crippen LogP contribution in [0.1, 0.15) is 11.3 Å². The summed E-state index contributed by atoms with van der Waals surface area (Å²) in [5.74, 6) is 4.15. The first-order valence-corrected chi connectivity index (χ1v) is 8.71. The normalized spacial score (nSPS) is 29.2. The lowest BCUT2D eigenvalue weighted by atomic mass is 9.91. The molecule has 0 saturated carbocycles. The molecule has 1 aromatic heterocycles. The summed E-state index contributed by atoms with van der Waals surface area (Å²) in [6, 6.07) is 1.99. The summed E-state index contributed by atoms with van der Waals surface area (Å²) in [5, 5.41) is 1.99. The van der Waals surface area contributed by atoms with E-state index in [-0.39, 0.29) is 4.83 Å². The molecule has 2 aliphatic rings. The molecule has 1 unspecified atom stereocenters. The highest BCUT2D eigenvalue weighted by Gasteiger charge is 2.48. The van der Waals surface area contributed by atoms with Crippen LogP contribution < -0.4 is 5.73 Å².